The quantitative estimate of drug-likeness (QED) is 0.884. The molecule has 1 aromatic heterocycles. The molecule has 1 aromatic carbocycles. The molecule has 0 aliphatic heterocycles. The molecule has 0 amide bonds. The third kappa shape index (κ3) is 3.29. The molecule has 0 bridgehead atoms. The molecule has 5 nitrogen and oxygen atoms in total. The van der Waals surface area contributed by atoms with Crippen LogP contribution in [0, 0.1) is 5.82 Å². The maximum Gasteiger partial charge on any atom is 0.343 e. The SMILES string of the molecule is CC(C)NCc1c(F)cccc1Sc1n[nH]c(=O)n1C. The zero-order valence-electron chi connectivity index (χ0n) is 11.6. The molecule has 2 aromatic rings. The van der Waals surface area contributed by atoms with Gasteiger partial charge < -0.3 is 5.32 Å². The van der Waals surface area contributed by atoms with Gasteiger partial charge in [-0.1, -0.05) is 19.9 Å². The second-order valence-electron chi connectivity index (χ2n) is 4.72. The topological polar surface area (TPSA) is 62.7 Å². The zero-order chi connectivity index (χ0) is 14.7. The van der Waals surface area contributed by atoms with Crippen molar-refractivity contribution in [3.05, 3.63) is 40.1 Å². The van der Waals surface area contributed by atoms with Gasteiger partial charge in [-0.15, -0.1) is 5.10 Å². The van der Waals surface area contributed by atoms with E-state index in [1.807, 2.05) is 19.9 Å². The summed E-state index contributed by atoms with van der Waals surface area (Å²) in [5, 5.41) is 10.00. The Hall–Kier alpha value is -1.60. The smallest absolute Gasteiger partial charge is 0.310 e. The Labute approximate surface area is 120 Å². The molecule has 2 rings (SSSR count). The monoisotopic (exact) mass is 296 g/mol. The molecule has 0 spiro atoms. The second kappa shape index (κ2) is 6.23. The first kappa shape index (κ1) is 14.8. The summed E-state index contributed by atoms with van der Waals surface area (Å²) >= 11 is 1.27. The number of rotatable bonds is 5. The van der Waals surface area contributed by atoms with Crippen LogP contribution in [0.15, 0.2) is 33.0 Å². The van der Waals surface area contributed by atoms with Gasteiger partial charge in [0.15, 0.2) is 5.16 Å². The average molecular weight is 296 g/mol. The van der Waals surface area contributed by atoms with Gasteiger partial charge in [0.05, 0.1) is 0 Å². The third-order valence-corrected chi connectivity index (χ3v) is 3.95. The van der Waals surface area contributed by atoms with Crippen LogP contribution in [-0.4, -0.2) is 20.8 Å². The molecular weight excluding hydrogens is 279 g/mol. The highest BCUT2D eigenvalue weighted by atomic mass is 32.2. The van der Waals surface area contributed by atoms with Crippen LogP contribution in [0.2, 0.25) is 0 Å². The summed E-state index contributed by atoms with van der Waals surface area (Å²) in [7, 11) is 1.62. The van der Waals surface area contributed by atoms with E-state index in [0.29, 0.717) is 17.3 Å². The largest absolute Gasteiger partial charge is 0.343 e. The molecule has 108 valence electrons. The van der Waals surface area contributed by atoms with Crippen molar-refractivity contribution in [1.29, 1.82) is 0 Å². The maximum absolute atomic E-state index is 14.0. The van der Waals surface area contributed by atoms with Crippen LogP contribution < -0.4 is 11.0 Å². The van der Waals surface area contributed by atoms with Gasteiger partial charge in [0.2, 0.25) is 0 Å². The summed E-state index contributed by atoms with van der Waals surface area (Å²) in [4.78, 5) is 12.1. The van der Waals surface area contributed by atoms with E-state index in [1.165, 1.54) is 22.4 Å². The van der Waals surface area contributed by atoms with E-state index in [2.05, 4.69) is 15.5 Å². The fourth-order valence-electron chi connectivity index (χ4n) is 1.63. The van der Waals surface area contributed by atoms with Gasteiger partial charge in [-0.25, -0.2) is 14.3 Å². The van der Waals surface area contributed by atoms with E-state index in [1.54, 1.807) is 13.1 Å². The Morgan fingerprint density at radius 3 is 2.85 bits per heavy atom. The highest BCUT2D eigenvalue weighted by Crippen LogP contribution is 2.29. The van der Waals surface area contributed by atoms with Gasteiger partial charge in [-0.3, -0.25) is 4.57 Å². The van der Waals surface area contributed by atoms with E-state index >= 15 is 0 Å². The maximum atomic E-state index is 14.0. The average Bonchev–Trinajstić information content (AvgIpc) is 2.70. The Balaban J connectivity index is 2.29. The lowest BCUT2D eigenvalue weighted by Crippen LogP contribution is -2.22. The number of hydrogen-bond acceptors (Lipinski definition) is 4. The summed E-state index contributed by atoms with van der Waals surface area (Å²) < 4.78 is 15.4. The van der Waals surface area contributed by atoms with Crippen molar-refractivity contribution in [2.75, 3.05) is 0 Å². The number of halogens is 1. The van der Waals surface area contributed by atoms with Gasteiger partial charge in [0.1, 0.15) is 5.82 Å². The lowest BCUT2D eigenvalue weighted by Gasteiger charge is -2.12. The van der Waals surface area contributed by atoms with Crippen LogP contribution in [0.3, 0.4) is 0 Å². The minimum absolute atomic E-state index is 0.260. The van der Waals surface area contributed by atoms with Crippen LogP contribution in [-0.2, 0) is 13.6 Å². The number of H-pyrrole nitrogens is 1. The lowest BCUT2D eigenvalue weighted by molar-refractivity contribution is 0.546. The summed E-state index contributed by atoms with van der Waals surface area (Å²) in [6.07, 6.45) is 0. The molecule has 0 saturated heterocycles. The van der Waals surface area contributed by atoms with E-state index in [-0.39, 0.29) is 17.5 Å². The predicted molar refractivity (Wildman–Crippen MR) is 76.3 cm³/mol. The van der Waals surface area contributed by atoms with Gasteiger partial charge >= 0.3 is 5.69 Å². The molecule has 0 aliphatic rings. The number of benzene rings is 1. The molecular formula is C13H17FN4OS. The Morgan fingerprint density at radius 1 is 1.50 bits per heavy atom. The number of nitrogens with one attached hydrogen (secondary N) is 2. The van der Waals surface area contributed by atoms with Crippen molar-refractivity contribution in [2.24, 2.45) is 7.05 Å². The van der Waals surface area contributed by atoms with Crippen LogP contribution in [0.25, 0.3) is 0 Å². The van der Waals surface area contributed by atoms with Gasteiger partial charge in [0, 0.05) is 30.1 Å². The fourth-order valence-corrected chi connectivity index (χ4v) is 2.58. The van der Waals surface area contributed by atoms with E-state index in [4.69, 9.17) is 0 Å². The van der Waals surface area contributed by atoms with Crippen molar-refractivity contribution >= 4 is 11.8 Å². The van der Waals surface area contributed by atoms with Crippen molar-refractivity contribution in [3.8, 4) is 0 Å². The first-order chi connectivity index (χ1) is 9.49. The Kier molecular flexibility index (Phi) is 4.61. The third-order valence-electron chi connectivity index (χ3n) is 2.80. The molecule has 2 N–H and O–H groups in total. The van der Waals surface area contributed by atoms with Gasteiger partial charge in [-0.05, 0) is 23.9 Å². The number of hydrogen-bond donors (Lipinski definition) is 2. The van der Waals surface area contributed by atoms with Crippen LogP contribution in [0.1, 0.15) is 19.4 Å². The molecule has 0 radical (unpaired) electrons. The van der Waals surface area contributed by atoms with Crippen LogP contribution in [0.4, 0.5) is 4.39 Å². The molecule has 0 aliphatic carbocycles. The minimum Gasteiger partial charge on any atom is -0.310 e. The number of aromatic nitrogens is 3. The fraction of sp³-hybridized carbons (Fsp3) is 0.385. The van der Waals surface area contributed by atoms with Crippen molar-refractivity contribution in [3.63, 3.8) is 0 Å². The summed E-state index contributed by atoms with van der Waals surface area (Å²) in [6.45, 7) is 4.45. The number of nitrogens with zero attached hydrogens (tertiary/aromatic N) is 2. The Bertz CT molecular complexity index is 650. The minimum atomic E-state index is -0.286. The molecule has 0 atom stereocenters. The predicted octanol–water partition coefficient (Wildman–Crippen LogP) is 1.90. The zero-order valence-corrected chi connectivity index (χ0v) is 12.4. The first-order valence-electron chi connectivity index (χ1n) is 6.29. The Morgan fingerprint density at radius 2 is 2.25 bits per heavy atom. The van der Waals surface area contributed by atoms with E-state index in [9.17, 15) is 9.18 Å². The lowest BCUT2D eigenvalue weighted by atomic mass is 10.2. The molecule has 20 heavy (non-hydrogen) atoms. The van der Waals surface area contributed by atoms with Crippen LogP contribution >= 0.6 is 11.8 Å². The van der Waals surface area contributed by atoms with Crippen LogP contribution in [0.5, 0.6) is 0 Å². The molecule has 0 saturated carbocycles. The first-order valence-corrected chi connectivity index (χ1v) is 7.10. The van der Waals surface area contributed by atoms with Crippen molar-refractivity contribution < 1.29 is 4.39 Å². The summed E-state index contributed by atoms with van der Waals surface area (Å²) in [5.41, 5.74) is 0.299. The molecule has 7 heteroatoms. The second-order valence-corrected chi connectivity index (χ2v) is 5.73. The van der Waals surface area contributed by atoms with E-state index in [0.717, 1.165) is 4.90 Å². The normalized spacial score (nSPS) is 11.2. The van der Waals surface area contributed by atoms with Gasteiger partial charge in [0.25, 0.3) is 0 Å². The summed E-state index contributed by atoms with van der Waals surface area (Å²) in [6, 6.07) is 5.18. The summed E-state index contributed by atoms with van der Waals surface area (Å²) in [5.74, 6) is -0.260. The van der Waals surface area contributed by atoms with E-state index < -0.39 is 0 Å². The molecule has 0 fully saturated rings. The number of aromatic amines is 1. The molecule has 1 heterocycles. The highest BCUT2D eigenvalue weighted by Gasteiger charge is 2.13. The highest BCUT2D eigenvalue weighted by molar-refractivity contribution is 7.99. The molecule has 0 unspecified atom stereocenters. The van der Waals surface area contributed by atoms with Crippen molar-refractivity contribution in [2.45, 2.75) is 36.5 Å². The van der Waals surface area contributed by atoms with Gasteiger partial charge in [-0.2, -0.15) is 0 Å². The standard InChI is InChI=1S/C13H17FN4OS/c1-8(2)15-7-9-10(14)5-4-6-11(9)20-13-17-16-12(19)18(13)3/h4-6,8,15H,7H2,1-3H3,(H,16,19). The van der Waals surface area contributed by atoms with Crippen molar-refractivity contribution in [1.82, 2.24) is 20.1 Å².